The molecule has 5 heteroatoms. The third-order valence-electron chi connectivity index (χ3n) is 4.08. The van der Waals surface area contributed by atoms with Gasteiger partial charge in [0.2, 0.25) is 0 Å². The quantitative estimate of drug-likeness (QED) is 0.869. The standard InChI is InChI=1S/C15H24N4O/c1-2-13(10-16-5-1)11-17-14-3-4-15(18-12-14)19-6-8-20-9-7-19/h3-4,12-13,16-17H,1-2,5-11H2. The molecule has 20 heavy (non-hydrogen) atoms. The smallest absolute Gasteiger partial charge is 0.128 e. The third-order valence-corrected chi connectivity index (χ3v) is 4.08. The Morgan fingerprint density at radius 2 is 2.25 bits per heavy atom. The van der Waals surface area contributed by atoms with Gasteiger partial charge in [-0.25, -0.2) is 4.98 Å². The van der Waals surface area contributed by atoms with Crippen molar-refractivity contribution in [2.45, 2.75) is 12.8 Å². The summed E-state index contributed by atoms with van der Waals surface area (Å²) in [6.07, 6.45) is 4.56. The molecule has 2 aliphatic rings. The molecule has 0 aromatic carbocycles. The Hall–Kier alpha value is -1.33. The van der Waals surface area contributed by atoms with Gasteiger partial charge in [-0.15, -0.1) is 0 Å². The van der Waals surface area contributed by atoms with Crippen LogP contribution >= 0.6 is 0 Å². The Balaban J connectivity index is 1.50. The van der Waals surface area contributed by atoms with E-state index < -0.39 is 0 Å². The first kappa shape index (κ1) is 13.6. The first-order chi connectivity index (χ1) is 9.92. The number of hydrogen-bond acceptors (Lipinski definition) is 5. The molecule has 1 aromatic rings. The molecule has 0 spiro atoms. The minimum atomic E-state index is 0.739. The highest BCUT2D eigenvalue weighted by Crippen LogP contribution is 2.16. The molecule has 0 amide bonds. The molecule has 2 saturated heterocycles. The van der Waals surface area contributed by atoms with E-state index in [9.17, 15) is 0 Å². The van der Waals surface area contributed by atoms with E-state index in [1.165, 1.54) is 19.4 Å². The van der Waals surface area contributed by atoms with Crippen LogP contribution in [0.25, 0.3) is 0 Å². The molecule has 5 nitrogen and oxygen atoms in total. The predicted octanol–water partition coefficient (Wildman–Crippen LogP) is 1.33. The lowest BCUT2D eigenvalue weighted by Gasteiger charge is -2.28. The number of ether oxygens (including phenoxy) is 1. The maximum absolute atomic E-state index is 5.36. The Morgan fingerprint density at radius 3 is 2.95 bits per heavy atom. The largest absolute Gasteiger partial charge is 0.383 e. The SMILES string of the molecule is c1cc(N2CCOCC2)ncc1NCC1CCCNC1. The van der Waals surface area contributed by atoms with Crippen LogP contribution < -0.4 is 15.5 Å². The Kier molecular flexibility index (Phi) is 4.71. The first-order valence-electron chi connectivity index (χ1n) is 7.65. The van der Waals surface area contributed by atoms with E-state index in [0.29, 0.717) is 0 Å². The van der Waals surface area contributed by atoms with E-state index in [1.807, 2.05) is 6.20 Å². The fourth-order valence-electron chi connectivity index (χ4n) is 2.83. The molecule has 0 aliphatic carbocycles. The van der Waals surface area contributed by atoms with Crippen LogP contribution in [-0.2, 0) is 4.74 Å². The van der Waals surface area contributed by atoms with Crippen LogP contribution in [0.1, 0.15) is 12.8 Å². The van der Waals surface area contributed by atoms with Gasteiger partial charge in [-0.1, -0.05) is 0 Å². The number of anilines is 2. The summed E-state index contributed by atoms with van der Waals surface area (Å²) in [5, 5.41) is 6.95. The first-order valence-corrected chi connectivity index (χ1v) is 7.65. The van der Waals surface area contributed by atoms with Crippen molar-refractivity contribution in [1.29, 1.82) is 0 Å². The average Bonchev–Trinajstić information content (AvgIpc) is 2.55. The zero-order valence-corrected chi connectivity index (χ0v) is 12.0. The van der Waals surface area contributed by atoms with Gasteiger partial charge in [0.25, 0.3) is 0 Å². The van der Waals surface area contributed by atoms with Crippen LogP contribution in [0, 0.1) is 5.92 Å². The summed E-state index contributed by atoms with van der Waals surface area (Å²) in [4.78, 5) is 6.83. The van der Waals surface area contributed by atoms with Crippen LogP contribution in [0.15, 0.2) is 18.3 Å². The van der Waals surface area contributed by atoms with Gasteiger partial charge in [0.05, 0.1) is 25.1 Å². The van der Waals surface area contributed by atoms with Crippen molar-refractivity contribution in [3.05, 3.63) is 18.3 Å². The molecule has 1 atom stereocenters. The van der Waals surface area contributed by atoms with E-state index in [4.69, 9.17) is 4.74 Å². The maximum atomic E-state index is 5.36. The molecule has 0 bridgehead atoms. The zero-order valence-electron chi connectivity index (χ0n) is 12.0. The molecule has 3 heterocycles. The van der Waals surface area contributed by atoms with Crippen molar-refractivity contribution in [2.75, 3.05) is 56.2 Å². The van der Waals surface area contributed by atoms with Gasteiger partial charge < -0.3 is 20.3 Å². The molecule has 0 saturated carbocycles. The summed E-state index contributed by atoms with van der Waals surface area (Å²) in [5.74, 6) is 1.79. The topological polar surface area (TPSA) is 49.4 Å². The number of morpholine rings is 1. The summed E-state index contributed by atoms with van der Waals surface area (Å²) in [6, 6.07) is 4.24. The monoisotopic (exact) mass is 276 g/mol. The number of rotatable bonds is 4. The maximum Gasteiger partial charge on any atom is 0.128 e. The molecule has 2 aliphatic heterocycles. The normalized spacial score (nSPS) is 23.6. The van der Waals surface area contributed by atoms with Crippen molar-refractivity contribution in [1.82, 2.24) is 10.3 Å². The number of aromatic nitrogens is 1. The van der Waals surface area contributed by atoms with Crippen molar-refractivity contribution in [3.63, 3.8) is 0 Å². The number of nitrogens with one attached hydrogen (secondary N) is 2. The summed E-state index contributed by atoms with van der Waals surface area (Å²) in [5.41, 5.74) is 1.12. The Bertz CT molecular complexity index is 397. The summed E-state index contributed by atoms with van der Waals surface area (Å²) in [6.45, 7) is 6.82. The summed E-state index contributed by atoms with van der Waals surface area (Å²) >= 11 is 0. The van der Waals surface area contributed by atoms with E-state index in [-0.39, 0.29) is 0 Å². The second-order valence-corrected chi connectivity index (χ2v) is 5.60. The Labute approximate surface area is 120 Å². The fraction of sp³-hybridized carbons (Fsp3) is 0.667. The number of nitrogens with zero attached hydrogens (tertiary/aromatic N) is 2. The van der Waals surface area contributed by atoms with Crippen molar-refractivity contribution >= 4 is 11.5 Å². The van der Waals surface area contributed by atoms with Crippen molar-refractivity contribution < 1.29 is 4.74 Å². The van der Waals surface area contributed by atoms with Gasteiger partial charge in [-0.2, -0.15) is 0 Å². The van der Waals surface area contributed by atoms with Crippen molar-refractivity contribution in [2.24, 2.45) is 5.92 Å². The minimum Gasteiger partial charge on any atom is -0.383 e. The zero-order chi connectivity index (χ0) is 13.6. The molecule has 0 radical (unpaired) electrons. The van der Waals surface area contributed by atoms with Gasteiger partial charge in [0.1, 0.15) is 5.82 Å². The molecule has 1 aromatic heterocycles. The summed E-state index contributed by atoms with van der Waals surface area (Å²) < 4.78 is 5.36. The predicted molar refractivity (Wildman–Crippen MR) is 81.4 cm³/mol. The molecule has 1 unspecified atom stereocenters. The highest BCUT2D eigenvalue weighted by atomic mass is 16.5. The lowest BCUT2D eigenvalue weighted by atomic mass is 10.00. The third kappa shape index (κ3) is 3.61. The second-order valence-electron chi connectivity index (χ2n) is 5.60. The van der Waals surface area contributed by atoms with Gasteiger partial charge >= 0.3 is 0 Å². The highest BCUT2D eigenvalue weighted by molar-refractivity contribution is 5.48. The van der Waals surface area contributed by atoms with Crippen LogP contribution in [0.3, 0.4) is 0 Å². The minimum absolute atomic E-state index is 0.739. The number of hydrogen-bond donors (Lipinski definition) is 2. The van der Waals surface area contributed by atoms with Crippen LogP contribution in [-0.4, -0.2) is 50.9 Å². The van der Waals surface area contributed by atoms with E-state index in [0.717, 1.165) is 56.8 Å². The summed E-state index contributed by atoms with van der Waals surface area (Å²) in [7, 11) is 0. The molecule has 2 fully saturated rings. The van der Waals surface area contributed by atoms with Crippen molar-refractivity contribution in [3.8, 4) is 0 Å². The van der Waals surface area contributed by atoms with E-state index in [1.54, 1.807) is 0 Å². The van der Waals surface area contributed by atoms with Crippen LogP contribution in [0.5, 0.6) is 0 Å². The Morgan fingerprint density at radius 1 is 1.35 bits per heavy atom. The van der Waals surface area contributed by atoms with Crippen LogP contribution in [0.2, 0.25) is 0 Å². The molecule has 2 N–H and O–H groups in total. The highest BCUT2D eigenvalue weighted by Gasteiger charge is 2.13. The van der Waals surface area contributed by atoms with E-state index in [2.05, 4.69) is 32.7 Å². The molecule has 110 valence electrons. The lowest BCUT2D eigenvalue weighted by Crippen LogP contribution is -2.36. The number of pyridine rings is 1. The van der Waals surface area contributed by atoms with Crippen LogP contribution in [0.4, 0.5) is 11.5 Å². The molecule has 3 rings (SSSR count). The van der Waals surface area contributed by atoms with E-state index >= 15 is 0 Å². The molecular formula is C15H24N4O. The van der Waals surface area contributed by atoms with Gasteiger partial charge in [0.15, 0.2) is 0 Å². The van der Waals surface area contributed by atoms with Gasteiger partial charge in [-0.05, 0) is 44.0 Å². The average molecular weight is 276 g/mol. The van der Waals surface area contributed by atoms with Gasteiger partial charge in [0, 0.05) is 19.6 Å². The lowest BCUT2D eigenvalue weighted by molar-refractivity contribution is 0.122. The van der Waals surface area contributed by atoms with Gasteiger partial charge in [-0.3, -0.25) is 0 Å². The number of piperidine rings is 1. The second kappa shape index (κ2) is 6.90. The fourth-order valence-corrected chi connectivity index (χ4v) is 2.83. The molecular weight excluding hydrogens is 252 g/mol.